The van der Waals surface area contributed by atoms with Gasteiger partial charge < -0.3 is 71.3 Å². The minimum absolute atomic E-state index is 0.0135. The number of fused-ring (bicyclic) bond motifs is 6. The third-order valence-electron chi connectivity index (χ3n) is 24.5. The molecule has 0 radical (unpaired) electrons. The standard InChI is InChI=1S/2C31H35N9O2.C29H33N9O2/c1-18-15-19(2)27-23(16-18)36-31(42-27)35-21-8-6-20(7-9-21)26-25-28(32)33-17-34-29(25)40(37-26)22-10-13-39(14-11-22)30(41)24-5-4-12-38(24)3;1-18-15-19(2)27-24(16-18)37-31(42-27)36-21-8-6-20(7-9-21)26-25-28(32)34-17-35-29(25)40(38-26)22-10-13-39(14-11-22)30(41)23-5-3-4-12-33-23;1-17-13-18(2)26-22(14-17)34-29(40-26)33-20-7-5-19(6-8-20)25-24-27(30)31-16-32-28(24)38(35-25)21-9-11-37(12-10-21)23(39)15-36(3)4/h6-9,15-17,22,24H,4-5,10-14H2,1-3H3,(H,35,36)(H2,32,33,34);6-9,15-17,22-23,33H,3-5,10-14H2,1-2H3,(H,36,37)(H2,32,34,35);5-8,13-14,16,21H,9-12,15H2,1-4H3,(H,33,34)(H2,30,31,32)/t24-;23-;/m00./s1. The summed E-state index contributed by atoms with van der Waals surface area (Å²) in [5.74, 6) is 1.82. The zero-order valence-electron chi connectivity index (χ0n) is 71.3. The SMILES string of the molecule is Cc1cc(C)c2oc(Nc3ccc(-c4nn(C5CCN(C(=O)CN(C)C)CC5)c5ncnc(N)c45)cc3)nc2c1.Cc1cc(C)c2oc(Nc3ccc(-c4nn(C5CCN(C(=O)[C@@H]6CCCCN6)CC5)c5ncnc(N)c45)cc3)nc2c1.Cc1cc(C)c2oc(Nc3ccc(-c4nn(C5CCN(C(=O)[C@@H]6CCCN6C)CC5)c5ncnc(N)c45)cc3)nc2c1. The van der Waals surface area contributed by atoms with Gasteiger partial charge in [-0.25, -0.2) is 43.9 Å². The van der Waals surface area contributed by atoms with Gasteiger partial charge in [-0.05, 0) is 228 Å². The van der Waals surface area contributed by atoms with E-state index in [0.29, 0.717) is 87.0 Å². The van der Waals surface area contributed by atoms with E-state index in [0.717, 1.165) is 229 Å². The third-order valence-corrected chi connectivity index (χ3v) is 24.5. The number of piperidine rings is 4. The molecule has 5 fully saturated rings. The van der Waals surface area contributed by atoms with Gasteiger partial charge in [0.05, 0.1) is 52.9 Å². The Labute approximate surface area is 715 Å². The van der Waals surface area contributed by atoms with Crippen LogP contribution in [0.2, 0.25) is 0 Å². The molecule has 10 N–H and O–H groups in total. The van der Waals surface area contributed by atoms with Gasteiger partial charge in [-0.1, -0.05) is 61.0 Å². The van der Waals surface area contributed by atoms with E-state index in [1.165, 1.54) is 19.0 Å². The number of hydrogen-bond acceptors (Lipinski definition) is 27. The van der Waals surface area contributed by atoms with Crippen LogP contribution in [0.15, 0.2) is 141 Å². The average molecular weight is 1670 g/mol. The van der Waals surface area contributed by atoms with Gasteiger partial charge in [0.2, 0.25) is 17.7 Å². The van der Waals surface area contributed by atoms with Gasteiger partial charge in [0.15, 0.2) is 33.7 Å². The van der Waals surface area contributed by atoms with E-state index in [1.54, 1.807) is 0 Å². The molecule has 0 saturated carbocycles. The number of amides is 3. The number of rotatable bonds is 16. The minimum atomic E-state index is -0.0478. The first-order valence-electron chi connectivity index (χ1n) is 42.7. The van der Waals surface area contributed by atoms with E-state index < -0.39 is 0 Å². The summed E-state index contributed by atoms with van der Waals surface area (Å²) in [4.78, 5) is 89.0. The third kappa shape index (κ3) is 16.6. The summed E-state index contributed by atoms with van der Waals surface area (Å²) in [6.07, 6.45) is 14.5. The number of hydrogen-bond donors (Lipinski definition) is 7. The number of likely N-dealkylation sites (N-methyl/N-ethyl adjacent to an activating group) is 2. The summed E-state index contributed by atoms with van der Waals surface area (Å²) in [6.45, 7) is 18.7. The molecule has 5 saturated heterocycles. The number of carbonyl (C=O) groups excluding carboxylic acids is 3. The number of nitrogens with zero attached hydrogens (tertiary/aromatic N) is 20. The van der Waals surface area contributed by atoms with E-state index >= 15 is 0 Å². The van der Waals surface area contributed by atoms with Crippen molar-refractivity contribution in [2.75, 3.05) is 113 Å². The molecule has 15 aromatic rings. The van der Waals surface area contributed by atoms with Crippen molar-refractivity contribution < 1.29 is 27.6 Å². The van der Waals surface area contributed by atoms with Gasteiger partial charge in [-0.3, -0.25) is 19.3 Å². The normalized spacial score (nSPS) is 17.0. The highest BCUT2D eigenvalue weighted by molar-refractivity contribution is 6.01. The maximum atomic E-state index is 13.1. The van der Waals surface area contributed by atoms with Crippen molar-refractivity contribution in [2.24, 2.45) is 0 Å². The number of anilines is 9. The van der Waals surface area contributed by atoms with Crippen LogP contribution >= 0.6 is 0 Å². The number of aromatic nitrogens is 15. The predicted molar refractivity (Wildman–Crippen MR) is 480 cm³/mol. The maximum absolute atomic E-state index is 13.1. The lowest BCUT2D eigenvalue weighted by atomic mass is 10.0. The van der Waals surface area contributed by atoms with Gasteiger partial charge >= 0.3 is 0 Å². The number of aryl methyl sites for hydroxylation is 6. The van der Waals surface area contributed by atoms with Crippen molar-refractivity contribution in [3.63, 3.8) is 0 Å². The fraction of sp³-hybridized carbons (Fsp3) is 0.374. The summed E-state index contributed by atoms with van der Waals surface area (Å²) < 4.78 is 23.8. The quantitative estimate of drug-likeness (QED) is 0.0472. The van der Waals surface area contributed by atoms with Crippen LogP contribution < -0.4 is 38.5 Å². The lowest BCUT2D eigenvalue weighted by Gasteiger charge is -2.35. The molecule has 33 nitrogen and oxygen atoms in total. The summed E-state index contributed by atoms with van der Waals surface area (Å²) in [5, 5.41) is 30.5. The Bertz CT molecular complexity index is 6480. The van der Waals surface area contributed by atoms with Gasteiger partial charge in [0.25, 0.3) is 18.0 Å². The first-order valence-corrected chi connectivity index (χ1v) is 42.7. The summed E-state index contributed by atoms with van der Waals surface area (Å²) in [5.41, 5.74) is 40.2. The first kappa shape index (κ1) is 81.5. The lowest BCUT2D eigenvalue weighted by Crippen LogP contribution is -2.50. The highest BCUT2D eigenvalue weighted by Crippen LogP contribution is 2.41. The number of benzene rings is 6. The van der Waals surface area contributed by atoms with Crippen molar-refractivity contribution in [1.82, 2.24) is 104 Å². The van der Waals surface area contributed by atoms with Crippen LogP contribution in [-0.2, 0) is 14.4 Å². The molecule has 3 amide bonds. The molecule has 0 spiro atoms. The molecular weight excluding hydrogens is 1570 g/mol. The number of carbonyl (C=O) groups is 3. The van der Waals surface area contributed by atoms with E-state index in [-0.39, 0.29) is 47.9 Å². The van der Waals surface area contributed by atoms with E-state index in [9.17, 15) is 14.4 Å². The fourth-order valence-corrected chi connectivity index (χ4v) is 18.3. The second-order valence-electron chi connectivity index (χ2n) is 33.8. The monoisotopic (exact) mass is 1670 g/mol. The Hall–Kier alpha value is -13.5. The Morgan fingerprint density at radius 3 is 1.12 bits per heavy atom. The Kier molecular flexibility index (Phi) is 22.6. The summed E-state index contributed by atoms with van der Waals surface area (Å²) in [7, 11) is 5.86. The number of likely N-dealkylation sites (tertiary alicyclic amines) is 4. The average Bonchev–Trinajstić information content (AvgIpc) is 1.61. The Morgan fingerprint density at radius 1 is 0.435 bits per heavy atom. The fourth-order valence-electron chi connectivity index (χ4n) is 18.3. The van der Waals surface area contributed by atoms with Crippen molar-refractivity contribution in [1.29, 1.82) is 0 Å². The molecule has 638 valence electrons. The van der Waals surface area contributed by atoms with Crippen molar-refractivity contribution in [2.45, 2.75) is 142 Å². The van der Waals surface area contributed by atoms with Crippen LogP contribution in [0, 0.1) is 41.5 Å². The number of oxazole rings is 3. The Balaban J connectivity index is 0.000000127. The molecular formula is C91H103N27O6. The zero-order valence-corrected chi connectivity index (χ0v) is 71.3. The van der Waals surface area contributed by atoms with E-state index in [1.807, 2.05) is 173 Å². The van der Waals surface area contributed by atoms with Crippen molar-refractivity contribution in [3.8, 4) is 33.8 Å². The largest absolute Gasteiger partial charge is 0.423 e. The zero-order chi connectivity index (χ0) is 85.7. The highest BCUT2D eigenvalue weighted by atomic mass is 16.4. The summed E-state index contributed by atoms with van der Waals surface area (Å²) >= 11 is 0. The molecule has 9 aromatic heterocycles. The molecule has 5 aliphatic heterocycles. The molecule has 14 heterocycles. The van der Waals surface area contributed by atoms with Crippen LogP contribution in [0.1, 0.15) is 122 Å². The molecule has 0 unspecified atom stereocenters. The molecule has 20 rings (SSSR count). The Morgan fingerprint density at radius 2 is 0.790 bits per heavy atom. The van der Waals surface area contributed by atoms with Gasteiger partial charge in [0.1, 0.15) is 70.1 Å². The van der Waals surface area contributed by atoms with Gasteiger partial charge in [0, 0.05) is 73.0 Å². The highest BCUT2D eigenvalue weighted by Gasteiger charge is 2.37. The number of nitrogens with one attached hydrogen (secondary N) is 4. The van der Waals surface area contributed by atoms with Crippen molar-refractivity contribution >= 4 is 137 Å². The van der Waals surface area contributed by atoms with Crippen molar-refractivity contribution in [3.05, 3.63) is 162 Å². The van der Waals surface area contributed by atoms with Gasteiger partial charge in [-0.15, -0.1) is 0 Å². The predicted octanol–water partition coefficient (Wildman–Crippen LogP) is 14.0. The summed E-state index contributed by atoms with van der Waals surface area (Å²) in [6, 6.07) is 37.7. The molecule has 5 aliphatic rings. The second-order valence-corrected chi connectivity index (χ2v) is 33.8. The molecule has 33 heteroatoms. The topological polar surface area (TPSA) is 402 Å². The molecule has 124 heavy (non-hydrogen) atoms. The maximum Gasteiger partial charge on any atom is 0.300 e. The van der Waals surface area contributed by atoms with Crippen LogP contribution in [0.3, 0.4) is 0 Å². The minimum Gasteiger partial charge on any atom is -0.423 e. The molecule has 0 bridgehead atoms. The van der Waals surface area contributed by atoms with Crippen LogP contribution in [0.5, 0.6) is 0 Å². The smallest absolute Gasteiger partial charge is 0.300 e. The first-order chi connectivity index (χ1) is 60.1. The van der Waals surface area contributed by atoms with Crippen LogP contribution in [0.4, 0.5) is 52.6 Å². The number of nitrogens with two attached hydrogens (primary N) is 3. The molecule has 2 atom stereocenters. The lowest BCUT2D eigenvalue weighted by molar-refractivity contribution is -0.137. The number of nitrogen functional groups attached to an aromatic ring is 3. The van der Waals surface area contributed by atoms with Gasteiger partial charge in [-0.2, -0.15) is 30.2 Å². The second kappa shape index (κ2) is 34.4. The van der Waals surface area contributed by atoms with E-state index in [4.69, 9.17) is 45.7 Å². The molecule has 0 aliphatic carbocycles. The van der Waals surface area contributed by atoms with Crippen LogP contribution in [-0.4, -0.2) is 209 Å². The van der Waals surface area contributed by atoms with E-state index in [2.05, 4.69) is 103 Å². The van der Waals surface area contributed by atoms with Crippen LogP contribution in [0.25, 0.3) is 100 Å². The molecule has 6 aromatic carbocycles.